The largest absolute Gasteiger partial charge is 0.354 e. The molecule has 4 N–H and O–H groups in total. The first-order valence-corrected chi connectivity index (χ1v) is 11.1. The number of hydrogen-bond acceptors (Lipinski definition) is 5. The van der Waals surface area contributed by atoms with Gasteiger partial charge in [-0.3, -0.25) is 9.59 Å². The molecular weight excluding hydrogens is 366 g/mol. The molecule has 0 aliphatic rings. The molecule has 0 fully saturated rings. The van der Waals surface area contributed by atoms with Crippen molar-refractivity contribution in [1.29, 1.82) is 0 Å². The first kappa shape index (κ1) is 23.1. The molecule has 1 unspecified atom stereocenters. The van der Waals surface area contributed by atoms with Crippen molar-refractivity contribution in [2.45, 2.75) is 45.1 Å². The zero-order valence-corrected chi connectivity index (χ0v) is 17.4. The smallest absolute Gasteiger partial charge is 0.251 e. The van der Waals surface area contributed by atoms with Crippen LogP contribution in [0.25, 0.3) is 0 Å². The van der Waals surface area contributed by atoms with Gasteiger partial charge in [0.15, 0.2) is 0 Å². The highest BCUT2D eigenvalue weighted by Crippen LogP contribution is 2.22. The average Bonchev–Trinajstić information content (AvgIpc) is 2.57. The van der Waals surface area contributed by atoms with Gasteiger partial charge in [0, 0.05) is 18.4 Å². The molecule has 0 aromatic heterocycles. The molecular formula is C19H31N3O4S. The Hall–Kier alpha value is -1.93. The van der Waals surface area contributed by atoms with Gasteiger partial charge in [0.2, 0.25) is 5.91 Å². The lowest BCUT2D eigenvalue weighted by Crippen LogP contribution is -2.48. The summed E-state index contributed by atoms with van der Waals surface area (Å²) in [5.41, 5.74) is 6.88. The van der Waals surface area contributed by atoms with Gasteiger partial charge < -0.3 is 16.4 Å². The van der Waals surface area contributed by atoms with Crippen LogP contribution in [0.3, 0.4) is 0 Å². The van der Waals surface area contributed by atoms with Crippen molar-refractivity contribution in [2.24, 2.45) is 5.73 Å². The van der Waals surface area contributed by atoms with Crippen molar-refractivity contribution in [3.05, 3.63) is 35.4 Å². The summed E-state index contributed by atoms with van der Waals surface area (Å²) >= 11 is 0. The van der Waals surface area contributed by atoms with E-state index in [1.54, 1.807) is 12.1 Å². The second-order valence-electron chi connectivity index (χ2n) is 7.71. The predicted octanol–water partition coefficient (Wildman–Crippen LogP) is 0.982. The van der Waals surface area contributed by atoms with Crippen molar-refractivity contribution in [1.82, 2.24) is 10.6 Å². The molecule has 0 aliphatic heterocycles. The van der Waals surface area contributed by atoms with Gasteiger partial charge in [-0.25, -0.2) is 8.42 Å². The molecule has 1 aromatic carbocycles. The van der Waals surface area contributed by atoms with Crippen molar-refractivity contribution in [3.63, 3.8) is 0 Å². The monoisotopic (exact) mass is 397 g/mol. The van der Waals surface area contributed by atoms with Gasteiger partial charge in [-0.2, -0.15) is 0 Å². The average molecular weight is 398 g/mol. The van der Waals surface area contributed by atoms with Gasteiger partial charge >= 0.3 is 0 Å². The maximum absolute atomic E-state index is 12.5. The highest BCUT2D eigenvalue weighted by molar-refractivity contribution is 7.90. The van der Waals surface area contributed by atoms with Gasteiger partial charge in [0.25, 0.3) is 5.91 Å². The highest BCUT2D eigenvalue weighted by Gasteiger charge is 2.23. The fourth-order valence-corrected chi connectivity index (χ4v) is 3.06. The minimum absolute atomic E-state index is 0.0130. The van der Waals surface area contributed by atoms with Crippen molar-refractivity contribution >= 4 is 21.7 Å². The number of carbonyl (C=O) groups is 2. The summed E-state index contributed by atoms with van der Waals surface area (Å²) in [7, 11) is -3.25. The quantitative estimate of drug-likeness (QED) is 0.537. The summed E-state index contributed by atoms with van der Waals surface area (Å²) in [6.07, 6.45) is 1.72. The summed E-state index contributed by atoms with van der Waals surface area (Å²) in [6, 6.07) is 6.24. The van der Waals surface area contributed by atoms with E-state index in [4.69, 9.17) is 5.73 Å². The van der Waals surface area contributed by atoms with Crippen LogP contribution < -0.4 is 16.4 Å². The van der Waals surface area contributed by atoms with Crippen LogP contribution in [0.15, 0.2) is 24.3 Å². The second-order valence-corrected chi connectivity index (χ2v) is 9.96. The van der Waals surface area contributed by atoms with E-state index in [9.17, 15) is 18.0 Å². The molecule has 152 valence electrons. The number of benzene rings is 1. The van der Waals surface area contributed by atoms with Crippen LogP contribution in [0.2, 0.25) is 0 Å². The van der Waals surface area contributed by atoms with E-state index in [0.717, 1.165) is 11.8 Å². The third kappa shape index (κ3) is 8.53. The molecule has 0 spiro atoms. The normalized spacial score (nSPS) is 13.1. The fraction of sp³-hybridized carbons (Fsp3) is 0.579. The topological polar surface area (TPSA) is 118 Å². The molecule has 2 amide bonds. The number of hydrogen-bond donors (Lipinski definition) is 3. The van der Waals surface area contributed by atoms with Crippen molar-refractivity contribution in [2.75, 3.05) is 25.1 Å². The van der Waals surface area contributed by atoms with Crippen LogP contribution in [-0.4, -0.2) is 51.4 Å². The molecule has 8 heteroatoms. The number of nitrogens with one attached hydrogen (secondary N) is 2. The first-order chi connectivity index (χ1) is 12.4. The molecule has 0 bridgehead atoms. The molecule has 0 saturated heterocycles. The van der Waals surface area contributed by atoms with E-state index in [2.05, 4.69) is 31.4 Å². The summed E-state index contributed by atoms with van der Waals surface area (Å²) < 4.78 is 22.9. The van der Waals surface area contributed by atoms with Crippen LogP contribution in [-0.2, 0) is 20.0 Å². The van der Waals surface area contributed by atoms with Gasteiger partial charge in [-0.05, 0) is 42.5 Å². The third-order valence-electron chi connectivity index (χ3n) is 4.09. The predicted molar refractivity (Wildman–Crippen MR) is 107 cm³/mol. The fourth-order valence-electron chi connectivity index (χ4n) is 2.40. The van der Waals surface area contributed by atoms with Crippen LogP contribution >= 0.6 is 0 Å². The maximum Gasteiger partial charge on any atom is 0.251 e. The molecule has 0 saturated carbocycles. The van der Waals surface area contributed by atoms with Gasteiger partial charge in [0.1, 0.15) is 15.9 Å². The summed E-state index contributed by atoms with van der Waals surface area (Å²) in [6.45, 7) is 7.04. The Labute approximate surface area is 162 Å². The number of nitrogens with two attached hydrogens (primary N) is 1. The Morgan fingerprint density at radius 1 is 1.15 bits per heavy atom. The molecule has 1 atom stereocenters. The van der Waals surface area contributed by atoms with Crippen LogP contribution in [0.5, 0.6) is 0 Å². The second kappa shape index (κ2) is 9.85. The van der Waals surface area contributed by atoms with Crippen LogP contribution in [0.4, 0.5) is 0 Å². The highest BCUT2D eigenvalue weighted by atomic mass is 32.2. The molecule has 0 aliphatic carbocycles. The summed E-state index contributed by atoms with van der Waals surface area (Å²) in [5, 5.41) is 5.32. The van der Waals surface area contributed by atoms with Gasteiger partial charge in [-0.1, -0.05) is 32.9 Å². The van der Waals surface area contributed by atoms with Gasteiger partial charge in [-0.15, -0.1) is 0 Å². The van der Waals surface area contributed by atoms with Crippen molar-refractivity contribution < 1.29 is 18.0 Å². The summed E-state index contributed by atoms with van der Waals surface area (Å²) in [4.78, 5) is 24.8. The molecule has 0 heterocycles. The molecule has 0 radical (unpaired) electrons. The van der Waals surface area contributed by atoms with E-state index in [0.29, 0.717) is 25.1 Å². The lowest BCUT2D eigenvalue weighted by Gasteiger charge is -2.20. The Bertz CT molecular complexity index is 737. The number of sulfone groups is 1. The molecule has 1 rings (SSSR count). The van der Waals surface area contributed by atoms with E-state index >= 15 is 0 Å². The standard InChI is InChI=1S/C19H31N3O4S/c1-19(2,3)15-8-6-14(7-9-15)17(23)22-16(10-13-27(4,25)26)18(24)21-12-5-11-20/h6-9,16H,5,10-13,20H2,1-4H3,(H,21,24)(H,22,23). The molecule has 1 aromatic rings. The SMILES string of the molecule is CC(C)(C)c1ccc(C(=O)NC(CCS(C)(=O)=O)C(=O)NCCCN)cc1. The Kier molecular flexibility index (Phi) is 8.43. The van der Waals surface area contributed by atoms with Crippen LogP contribution in [0, 0.1) is 0 Å². The maximum atomic E-state index is 12.5. The lowest BCUT2D eigenvalue weighted by atomic mass is 9.86. The van der Waals surface area contributed by atoms with Gasteiger partial charge in [0.05, 0.1) is 5.75 Å². The zero-order valence-electron chi connectivity index (χ0n) is 16.5. The molecule has 7 nitrogen and oxygen atoms in total. The van der Waals surface area contributed by atoms with Crippen LogP contribution in [0.1, 0.15) is 49.5 Å². The Morgan fingerprint density at radius 3 is 2.22 bits per heavy atom. The summed E-state index contributed by atoms with van der Waals surface area (Å²) in [5.74, 6) is -1.01. The minimum Gasteiger partial charge on any atom is -0.354 e. The van der Waals surface area contributed by atoms with E-state index < -0.39 is 27.7 Å². The van der Waals surface area contributed by atoms with Crippen molar-refractivity contribution in [3.8, 4) is 0 Å². The minimum atomic E-state index is -3.25. The number of amides is 2. The Balaban J connectivity index is 2.85. The number of carbonyl (C=O) groups excluding carboxylic acids is 2. The Morgan fingerprint density at radius 2 is 1.74 bits per heavy atom. The zero-order chi connectivity index (χ0) is 20.7. The molecule has 27 heavy (non-hydrogen) atoms. The third-order valence-corrected chi connectivity index (χ3v) is 5.07. The van der Waals surface area contributed by atoms with E-state index in [1.807, 2.05) is 12.1 Å². The van der Waals surface area contributed by atoms with E-state index in [-0.39, 0.29) is 17.6 Å². The lowest BCUT2D eigenvalue weighted by molar-refractivity contribution is -0.123. The number of rotatable bonds is 9. The first-order valence-electron chi connectivity index (χ1n) is 9.01. The van der Waals surface area contributed by atoms with E-state index in [1.165, 1.54) is 0 Å².